The molecule has 23 heavy (non-hydrogen) atoms. The van der Waals surface area contributed by atoms with Gasteiger partial charge < -0.3 is 20.5 Å². The number of benzene rings is 1. The van der Waals surface area contributed by atoms with Crippen molar-refractivity contribution in [1.82, 2.24) is 5.32 Å². The van der Waals surface area contributed by atoms with Gasteiger partial charge in [0.2, 0.25) is 5.91 Å². The van der Waals surface area contributed by atoms with E-state index in [1.54, 1.807) is 0 Å². The van der Waals surface area contributed by atoms with Crippen LogP contribution in [0, 0.1) is 17.2 Å². The van der Waals surface area contributed by atoms with Crippen molar-refractivity contribution in [3.05, 3.63) is 22.2 Å². The zero-order valence-corrected chi connectivity index (χ0v) is 14.6. The third-order valence-electron chi connectivity index (χ3n) is 2.99. The van der Waals surface area contributed by atoms with Gasteiger partial charge in [-0.15, -0.1) is 0 Å². The van der Waals surface area contributed by atoms with E-state index in [4.69, 9.17) is 9.84 Å². The summed E-state index contributed by atoms with van der Waals surface area (Å²) in [5.74, 6) is 0.0420. The molecule has 0 aromatic heterocycles. The molecule has 1 atom stereocenters. The summed E-state index contributed by atoms with van der Waals surface area (Å²) in [6, 6.07) is 4.10. The first-order valence-corrected chi connectivity index (χ1v) is 7.65. The van der Waals surface area contributed by atoms with Gasteiger partial charge in [0, 0.05) is 6.07 Å². The molecular formula is C15H18BrN3O4. The summed E-state index contributed by atoms with van der Waals surface area (Å²) in [5, 5.41) is 22.8. The minimum absolute atomic E-state index is 0.118. The average molecular weight is 384 g/mol. The highest BCUT2D eigenvalue weighted by Gasteiger charge is 2.23. The van der Waals surface area contributed by atoms with Crippen LogP contribution in [0.4, 0.5) is 10.5 Å². The van der Waals surface area contributed by atoms with Crippen molar-refractivity contribution in [2.75, 3.05) is 12.4 Å². The molecule has 2 amide bonds. The van der Waals surface area contributed by atoms with Gasteiger partial charge in [0.25, 0.3) is 0 Å². The monoisotopic (exact) mass is 383 g/mol. The maximum Gasteiger partial charge on any atom is 0.405 e. The molecule has 124 valence electrons. The number of carboxylic acid groups (broad SMARTS) is 1. The molecule has 1 aromatic carbocycles. The highest BCUT2D eigenvalue weighted by Crippen LogP contribution is 2.31. The van der Waals surface area contributed by atoms with E-state index in [2.05, 4.69) is 26.6 Å². The number of rotatable bonds is 6. The maximum atomic E-state index is 12.3. The van der Waals surface area contributed by atoms with Gasteiger partial charge in [-0.25, -0.2) is 4.79 Å². The molecule has 0 aliphatic rings. The van der Waals surface area contributed by atoms with Crippen molar-refractivity contribution in [3.63, 3.8) is 0 Å². The molecule has 0 spiro atoms. The Bertz CT molecular complexity index is 640. The molecule has 0 saturated carbocycles. The van der Waals surface area contributed by atoms with Crippen LogP contribution in [0.2, 0.25) is 0 Å². The van der Waals surface area contributed by atoms with Gasteiger partial charge in [-0.3, -0.25) is 4.79 Å². The molecule has 1 unspecified atom stereocenters. The molecule has 8 heteroatoms. The van der Waals surface area contributed by atoms with Crippen LogP contribution in [-0.4, -0.2) is 30.3 Å². The van der Waals surface area contributed by atoms with E-state index in [0.717, 1.165) is 0 Å². The number of carbonyl (C=O) groups excluding carboxylic acids is 1. The average Bonchev–Trinajstić information content (AvgIpc) is 2.46. The maximum absolute atomic E-state index is 12.3. The van der Waals surface area contributed by atoms with Crippen LogP contribution in [0.25, 0.3) is 0 Å². The summed E-state index contributed by atoms with van der Waals surface area (Å²) < 4.78 is 5.72. The van der Waals surface area contributed by atoms with Crippen molar-refractivity contribution in [2.45, 2.75) is 26.3 Å². The highest BCUT2D eigenvalue weighted by molar-refractivity contribution is 9.10. The van der Waals surface area contributed by atoms with Crippen molar-refractivity contribution in [3.8, 4) is 11.8 Å². The molecule has 1 aromatic rings. The summed E-state index contributed by atoms with van der Waals surface area (Å²) in [7, 11) is 1.46. The topological polar surface area (TPSA) is 111 Å². The Balaban J connectivity index is 3.06. The van der Waals surface area contributed by atoms with Gasteiger partial charge in [0.15, 0.2) is 0 Å². The number of nitrogens with one attached hydrogen (secondary N) is 2. The fourth-order valence-corrected chi connectivity index (χ4v) is 2.48. The molecule has 0 aliphatic heterocycles. The second kappa shape index (κ2) is 8.39. The van der Waals surface area contributed by atoms with Crippen LogP contribution in [0.3, 0.4) is 0 Å². The van der Waals surface area contributed by atoms with Crippen molar-refractivity contribution in [2.24, 2.45) is 5.92 Å². The first-order chi connectivity index (χ1) is 10.8. The molecule has 0 radical (unpaired) electrons. The number of nitriles is 1. The summed E-state index contributed by atoms with van der Waals surface area (Å²) in [5.41, 5.74) is 0.503. The molecule has 3 N–H and O–H groups in total. The third-order valence-corrected chi connectivity index (χ3v) is 3.61. The van der Waals surface area contributed by atoms with Crippen LogP contribution in [0.15, 0.2) is 16.6 Å². The lowest BCUT2D eigenvalue weighted by Crippen LogP contribution is -2.44. The van der Waals surface area contributed by atoms with E-state index in [-0.39, 0.29) is 17.2 Å². The lowest BCUT2D eigenvalue weighted by molar-refractivity contribution is -0.118. The summed E-state index contributed by atoms with van der Waals surface area (Å²) in [4.78, 5) is 23.2. The van der Waals surface area contributed by atoms with Gasteiger partial charge in [-0.05, 0) is 34.3 Å². The highest BCUT2D eigenvalue weighted by atomic mass is 79.9. The van der Waals surface area contributed by atoms with Gasteiger partial charge in [0.1, 0.15) is 17.9 Å². The van der Waals surface area contributed by atoms with Crippen molar-refractivity contribution in [1.29, 1.82) is 5.26 Å². The molecule has 0 fully saturated rings. The van der Waals surface area contributed by atoms with Gasteiger partial charge in [-0.2, -0.15) is 5.26 Å². The van der Waals surface area contributed by atoms with E-state index in [0.29, 0.717) is 16.6 Å². The van der Waals surface area contributed by atoms with Crippen LogP contribution in [0.1, 0.15) is 25.8 Å². The fraction of sp³-hybridized carbons (Fsp3) is 0.400. The summed E-state index contributed by atoms with van der Waals surface area (Å²) in [6.45, 7) is 3.76. The van der Waals surface area contributed by atoms with Crippen LogP contribution in [0.5, 0.6) is 5.75 Å². The minimum Gasteiger partial charge on any atom is -0.495 e. The fourth-order valence-electron chi connectivity index (χ4n) is 1.98. The smallest absolute Gasteiger partial charge is 0.405 e. The SMILES string of the molecule is COc1cc(NC(=O)C(CC(C)C)NC(=O)O)c(C#N)cc1Br. The molecule has 0 saturated heterocycles. The van der Waals surface area contributed by atoms with E-state index in [9.17, 15) is 14.9 Å². The molecular weight excluding hydrogens is 366 g/mol. The normalized spacial score (nSPS) is 11.5. The van der Waals surface area contributed by atoms with E-state index >= 15 is 0 Å². The number of halogens is 1. The van der Waals surface area contributed by atoms with Gasteiger partial charge in [0.05, 0.1) is 22.8 Å². The quantitative estimate of drug-likeness (QED) is 0.698. The molecule has 1 rings (SSSR count). The summed E-state index contributed by atoms with van der Waals surface area (Å²) >= 11 is 3.26. The third kappa shape index (κ3) is 5.45. The Labute approximate surface area is 142 Å². The zero-order chi connectivity index (χ0) is 17.6. The largest absolute Gasteiger partial charge is 0.495 e. The predicted octanol–water partition coefficient (Wildman–Crippen LogP) is 2.95. The van der Waals surface area contributed by atoms with Crippen molar-refractivity contribution >= 4 is 33.6 Å². The second-order valence-electron chi connectivity index (χ2n) is 5.27. The Hall–Kier alpha value is -2.27. The Morgan fingerprint density at radius 2 is 2.09 bits per heavy atom. The lowest BCUT2D eigenvalue weighted by atomic mass is 10.0. The Morgan fingerprint density at radius 3 is 2.57 bits per heavy atom. The standard InChI is InChI=1S/C15H18BrN3O4/c1-8(2)4-12(19-15(21)22)14(20)18-11-6-13(23-3)10(16)5-9(11)7-17/h5-6,8,12,19H,4H2,1-3H3,(H,18,20)(H,21,22). The van der Waals surface area contributed by atoms with Gasteiger partial charge >= 0.3 is 6.09 Å². The summed E-state index contributed by atoms with van der Waals surface area (Å²) in [6.07, 6.45) is -0.937. The second-order valence-corrected chi connectivity index (χ2v) is 6.12. The van der Waals surface area contributed by atoms with Crippen LogP contribution >= 0.6 is 15.9 Å². The molecule has 0 aliphatic carbocycles. The number of ether oxygens (including phenoxy) is 1. The number of nitrogens with zero attached hydrogens (tertiary/aromatic N) is 1. The predicted molar refractivity (Wildman–Crippen MR) is 88.4 cm³/mol. The number of carbonyl (C=O) groups is 2. The molecule has 0 heterocycles. The van der Waals surface area contributed by atoms with E-state index in [1.165, 1.54) is 19.2 Å². The van der Waals surface area contributed by atoms with Crippen molar-refractivity contribution < 1.29 is 19.4 Å². The Morgan fingerprint density at radius 1 is 1.43 bits per heavy atom. The first-order valence-electron chi connectivity index (χ1n) is 6.86. The number of methoxy groups -OCH3 is 1. The van der Waals surface area contributed by atoms with Crippen LogP contribution < -0.4 is 15.4 Å². The first kappa shape index (κ1) is 18.8. The Kier molecular flexibility index (Phi) is 6.85. The van der Waals surface area contributed by atoms with Gasteiger partial charge in [-0.1, -0.05) is 13.8 Å². The molecule has 7 nitrogen and oxygen atoms in total. The minimum atomic E-state index is -1.28. The van der Waals surface area contributed by atoms with Crippen LogP contribution in [-0.2, 0) is 4.79 Å². The number of hydrogen-bond acceptors (Lipinski definition) is 4. The zero-order valence-electron chi connectivity index (χ0n) is 13.0. The van der Waals surface area contributed by atoms with E-state index in [1.807, 2.05) is 19.9 Å². The number of anilines is 1. The number of hydrogen-bond donors (Lipinski definition) is 3. The molecule has 0 bridgehead atoms. The number of amides is 2. The van der Waals surface area contributed by atoms with E-state index < -0.39 is 18.0 Å². The lowest BCUT2D eigenvalue weighted by Gasteiger charge is -2.19.